The Morgan fingerprint density at radius 2 is 2.14 bits per heavy atom. The third kappa shape index (κ3) is 4.55. The number of piperidine rings is 1. The Labute approximate surface area is 168 Å². The first-order valence-corrected chi connectivity index (χ1v) is 10.9. The van der Waals surface area contributed by atoms with Crippen molar-refractivity contribution in [1.29, 1.82) is 0 Å². The fourth-order valence-corrected chi connectivity index (χ4v) is 4.16. The molecule has 7 nitrogen and oxygen atoms in total. The van der Waals surface area contributed by atoms with Crippen LogP contribution in [0.15, 0.2) is 35.4 Å². The van der Waals surface area contributed by atoms with Crippen LogP contribution in [0, 0.1) is 0 Å². The molecule has 0 bridgehead atoms. The van der Waals surface area contributed by atoms with Gasteiger partial charge in [-0.15, -0.1) is 0 Å². The molecule has 1 aromatic carbocycles. The number of thioether (sulfide) groups is 1. The second-order valence-corrected chi connectivity index (χ2v) is 8.07. The van der Waals surface area contributed by atoms with E-state index in [4.69, 9.17) is 0 Å². The Morgan fingerprint density at radius 1 is 1.36 bits per heavy atom. The van der Waals surface area contributed by atoms with Crippen molar-refractivity contribution < 1.29 is 9.59 Å². The van der Waals surface area contributed by atoms with Gasteiger partial charge in [0.05, 0.1) is 23.3 Å². The van der Waals surface area contributed by atoms with Crippen LogP contribution in [0.5, 0.6) is 0 Å². The molecule has 2 aromatic rings. The van der Waals surface area contributed by atoms with Crippen LogP contribution in [0.4, 0.5) is 0 Å². The lowest BCUT2D eigenvalue weighted by Gasteiger charge is -2.35. The number of fused-ring (bicyclic) bond motifs is 1. The van der Waals surface area contributed by atoms with E-state index < -0.39 is 6.04 Å². The van der Waals surface area contributed by atoms with Crippen LogP contribution < -0.4 is 10.9 Å². The molecule has 0 saturated carbocycles. The maximum absolute atomic E-state index is 13.0. The predicted octanol–water partition coefficient (Wildman–Crippen LogP) is 1.82. The van der Waals surface area contributed by atoms with Gasteiger partial charge in [0.25, 0.3) is 5.56 Å². The molecule has 1 aromatic heterocycles. The summed E-state index contributed by atoms with van der Waals surface area (Å²) in [7, 11) is 0. The summed E-state index contributed by atoms with van der Waals surface area (Å²) in [5.74, 6) is 0.515. The number of nitrogens with one attached hydrogen (secondary N) is 1. The summed E-state index contributed by atoms with van der Waals surface area (Å²) in [6, 6.07) is 6.66. The number of nitrogens with zero attached hydrogens (tertiary/aromatic N) is 3. The van der Waals surface area contributed by atoms with Gasteiger partial charge in [0.15, 0.2) is 0 Å². The number of hydrogen-bond donors (Lipinski definition) is 1. The van der Waals surface area contributed by atoms with Crippen LogP contribution in [-0.2, 0) is 9.59 Å². The van der Waals surface area contributed by atoms with Crippen molar-refractivity contribution in [3.63, 3.8) is 0 Å². The number of para-hydroxylation sites is 1. The molecule has 2 amide bonds. The number of amides is 2. The fraction of sp³-hybridized carbons (Fsp3) is 0.500. The summed E-state index contributed by atoms with van der Waals surface area (Å²) < 4.78 is 1.65. The molecule has 8 heteroatoms. The molecule has 1 aliphatic heterocycles. The average Bonchev–Trinajstić information content (AvgIpc) is 2.71. The van der Waals surface area contributed by atoms with E-state index in [2.05, 4.69) is 10.3 Å². The Bertz CT molecular complexity index is 914. The molecule has 3 rings (SSSR count). The highest BCUT2D eigenvalue weighted by Crippen LogP contribution is 2.22. The van der Waals surface area contributed by atoms with Gasteiger partial charge in [-0.05, 0) is 43.4 Å². The van der Waals surface area contributed by atoms with Crippen LogP contribution >= 0.6 is 11.8 Å². The normalized spacial score (nSPS) is 18.1. The van der Waals surface area contributed by atoms with E-state index >= 15 is 0 Å². The Morgan fingerprint density at radius 3 is 2.89 bits per heavy atom. The molecular weight excluding hydrogens is 376 g/mol. The minimum absolute atomic E-state index is 0.0734. The van der Waals surface area contributed by atoms with E-state index in [-0.39, 0.29) is 23.4 Å². The molecule has 2 heterocycles. The van der Waals surface area contributed by atoms with Gasteiger partial charge in [-0.2, -0.15) is 11.8 Å². The quantitative estimate of drug-likeness (QED) is 0.797. The topological polar surface area (TPSA) is 84.3 Å². The van der Waals surface area contributed by atoms with E-state index in [1.807, 2.05) is 24.5 Å². The molecular formula is C20H26N4O3S. The lowest BCUT2D eigenvalue weighted by Crippen LogP contribution is -2.52. The Hall–Kier alpha value is -2.35. The zero-order valence-electron chi connectivity index (χ0n) is 16.3. The number of rotatable bonds is 6. The summed E-state index contributed by atoms with van der Waals surface area (Å²) in [5.41, 5.74) is 0.598. The van der Waals surface area contributed by atoms with Crippen molar-refractivity contribution in [1.82, 2.24) is 19.8 Å². The van der Waals surface area contributed by atoms with E-state index in [1.54, 1.807) is 33.6 Å². The zero-order chi connectivity index (χ0) is 20.1. The maximum Gasteiger partial charge on any atom is 0.261 e. The van der Waals surface area contributed by atoms with E-state index in [1.165, 1.54) is 6.92 Å². The first-order valence-electron chi connectivity index (χ1n) is 9.52. The monoisotopic (exact) mass is 402 g/mol. The predicted molar refractivity (Wildman–Crippen MR) is 111 cm³/mol. The summed E-state index contributed by atoms with van der Waals surface area (Å²) in [6.07, 6.45) is 5.79. The SMILES string of the molecule is CSCC[C@H](NC(C)=O)C(=O)N1CCC[C@@H](n2cnc3ccccc3c2=O)C1. The largest absolute Gasteiger partial charge is 0.345 e. The molecule has 1 saturated heterocycles. The third-order valence-corrected chi connectivity index (χ3v) is 5.72. The van der Waals surface area contributed by atoms with E-state index in [0.29, 0.717) is 30.4 Å². The molecule has 1 N–H and O–H groups in total. The van der Waals surface area contributed by atoms with Crippen LogP contribution in [-0.4, -0.2) is 57.4 Å². The van der Waals surface area contributed by atoms with Gasteiger partial charge in [-0.25, -0.2) is 4.98 Å². The minimum atomic E-state index is -0.518. The van der Waals surface area contributed by atoms with Crippen molar-refractivity contribution >= 4 is 34.5 Å². The maximum atomic E-state index is 13.0. The first kappa shape index (κ1) is 20.4. The molecule has 0 unspecified atom stereocenters. The van der Waals surface area contributed by atoms with Crippen LogP contribution in [0.3, 0.4) is 0 Å². The molecule has 2 atom stereocenters. The first-order chi connectivity index (χ1) is 13.5. The smallest absolute Gasteiger partial charge is 0.261 e. The fourth-order valence-electron chi connectivity index (χ4n) is 3.68. The Kier molecular flexibility index (Phi) is 6.72. The molecule has 0 aliphatic carbocycles. The summed E-state index contributed by atoms with van der Waals surface area (Å²) >= 11 is 1.65. The summed E-state index contributed by atoms with van der Waals surface area (Å²) in [5, 5.41) is 3.37. The second-order valence-electron chi connectivity index (χ2n) is 7.09. The molecule has 0 spiro atoms. The highest BCUT2D eigenvalue weighted by molar-refractivity contribution is 7.98. The summed E-state index contributed by atoms with van der Waals surface area (Å²) in [6.45, 7) is 2.52. The summed E-state index contributed by atoms with van der Waals surface area (Å²) in [4.78, 5) is 43.6. The molecule has 1 fully saturated rings. The van der Waals surface area contributed by atoms with E-state index in [0.717, 1.165) is 18.6 Å². The van der Waals surface area contributed by atoms with Crippen molar-refractivity contribution in [2.24, 2.45) is 0 Å². The standard InChI is InChI=1S/C20H26N4O3S/c1-14(25)22-18(9-11-28-2)20(27)23-10-5-6-15(12-23)24-13-21-17-8-4-3-7-16(17)19(24)26/h3-4,7-8,13,15,18H,5-6,9-12H2,1-2H3,(H,22,25)/t15-,18+/m1/s1. The van der Waals surface area contributed by atoms with Crippen molar-refractivity contribution in [3.05, 3.63) is 40.9 Å². The number of benzene rings is 1. The molecule has 0 radical (unpaired) electrons. The molecule has 1 aliphatic rings. The van der Waals surface area contributed by atoms with Gasteiger partial charge in [-0.1, -0.05) is 12.1 Å². The van der Waals surface area contributed by atoms with Gasteiger partial charge < -0.3 is 10.2 Å². The second kappa shape index (κ2) is 9.23. The minimum Gasteiger partial charge on any atom is -0.345 e. The third-order valence-electron chi connectivity index (χ3n) is 5.08. The molecule has 28 heavy (non-hydrogen) atoms. The van der Waals surface area contributed by atoms with E-state index in [9.17, 15) is 14.4 Å². The number of aromatic nitrogens is 2. The lowest BCUT2D eigenvalue weighted by molar-refractivity contribution is -0.137. The van der Waals surface area contributed by atoms with Crippen LogP contribution in [0.2, 0.25) is 0 Å². The van der Waals surface area contributed by atoms with Crippen molar-refractivity contribution in [3.8, 4) is 0 Å². The van der Waals surface area contributed by atoms with Crippen LogP contribution in [0.25, 0.3) is 10.9 Å². The van der Waals surface area contributed by atoms with Crippen molar-refractivity contribution in [2.45, 2.75) is 38.3 Å². The van der Waals surface area contributed by atoms with Crippen molar-refractivity contribution in [2.75, 3.05) is 25.1 Å². The van der Waals surface area contributed by atoms with Crippen LogP contribution in [0.1, 0.15) is 32.2 Å². The highest BCUT2D eigenvalue weighted by Gasteiger charge is 2.30. The number of carbonyl (C=O) groups excluding carboxylic acids is 2. The number of carbonyl (C=O) groups is 2. The number of likely N-dealkylation sites (tertiary alicyclic amines) is 1. The van der Waals surface area contributed by atoms with Gasteiger partial charge in [-0.3, -0.25) is 19.0 Å². The number of hydrogen-bond acceptors (Lipinski definition) is 5. The van der Waals surface area contributed by atoms with Gasteiger partial charge in [0.2, 0.25) is 11.8 Å². The average molecular weight is 403 g/mol. The van der Waals surface area contributed by atoms with Gasteiger partial charge in [0.1, 0.15) is 6.04 Å². The highest BCUT2D eigenvalue weighted by atomic mass is 32.2. The Balaban J connectivity index is 1.79. The van der Waals surface area contributed by atoms with Gasteiger partial charge in [0, 0.05) is 20.0 Å². The van der Waals surface area contributed by atoms with Gasteiger partial charge >= 0.3 is 0 Å². The molecule has 150 valence electrons. The lowest BCUT2D eigenvalue weighted by atomic mass is 10.0. The zero-order valence-corrected chi connectivity index (χ0v) is 17.1.